The molecule has 10 heteroatoms. The molecule has 2 aliphatic heterocycles. The van der Waals surface area contributed by atoms with Crippen molar-refractivity contribution >= 4 is 23.6 Å². The fraction of sp³-hybridized carbons (Fsp3) is 0.655. The maximum atomic E-state index is 15.1. The van der Waals surface area contributed by atoms with Crippen LogP contribution < -0.4 is 5.32 Å². The number of carbonyl (C=O) groups excluding carboxylic acids is 3. The van der Waals surface area contributed by atoms with Gasteiger partial charge in [0.15, 0.2) is 0 Å². The molecule has 0 radical (unpaired) electrons. The third-order valence-corrected chi connectivity index (χ3v) is 8.01. The van der Waals surface area contributed by atoms with Gasteiger partial charge in [-0.2, -0.15) is 0 Å². The van der Waals surface area contributed by atoms with Crippen LogP contribution in [0.15, 0.2) is 18.2 Å². The first-order valence-electron chi connectivity index (χ1n) is 14.1. The summed E-state index contributed by atoms with van der Waals surface area (Å²) < 4.78 is 20.1. The van der Waals surface area contributed by atoms with Gasteiger partial charge in [-0.15, -0.1) is 0 Å². The minimum atomic E-state index is -0.914. The number of halogens is 1. The average Bonchev–Trinajstić information content (AvgIpc) is 2.89. The van der Waals surface area contributed by atoms with Crippen LogP contribution in [0.2, 0.25) is 0 Å². The van der Waals surface area contributed by atoms with E-state index in [1.165, 1.54) is 12.1 Å². The zero-order valence-electron chi connectivity index (χ0n) is 24.0. The lowest BCUT2D eigenvalue weighted by Crippen LogP contribution is -2.55. The summed E-state index contributed by atoms with van der Waals surface area (Å²) in [6, 6.07) is 4.26. The Labute approximate surface area is 231 Å². The van der Waals surface area contributed by atoms with Crippen molar-refractivity contribution in [3.05, 3.63) is 35.1 Å². The predicted octanol–water partition coefficient (Wildman–Crippen LogP) is 3.12. The van der Waals surface area contributed by atoms with Crippen LogP contribution in [0.5, 0.6) is 0 Å². The lowest BCUT2D eigenvalue weighted by atomic mass is 9.82. The second kappa shape index (κ2) is 13.4. The van der Waals surface area contributed by atoms with E-state index in [4.69, 9.17) is 10.1 Å². The Morgan fingerprint density at radius 1 is 1.08 bits per heavy atom. The van der Waals surface area contributed by atoms with Gasteiger partial charge >= 0.3 is 5.97 Å². The Morgan fingerprint density at radius 3 is 2.28 bits per heavy atom. The van der Waals surface area contributed by atoms with E-state index in [0.29, 0.717) is 51.2 Å². The van der Waals surface area contributed by atoms with Gasteiger partial charge in [0.2, 0.25) is 5.91 Å². The number of likely N-dealkylation sites (N-methyl/N-ethyl adjacent to an activating group) is 1. The van der Waals surface area contributed by atoms with Crippen molar-refractivity contribution in [2.45, 2.75) is 58.9 Å². The molecule has 0 saturated carbocycles. The predicted molar refractivity (Wildman–Crippen MR) is 148 cm³/mol. The van der Waals surface area contributed by atoms with Gasteiger partial charge < -0.3 is 24.8 Å². The molecule has 0 aliphatic carbocycles. The second-order valence-corrected chi connectivity index (χ2v) is 11.2. The first-order valence-corrected chi connectivity index (χ1v) is 14.1. The first-order chi connectivity index (χ1) is 18.5. The summed E-state index contributed by atoms with van der Waals surface area (Å²) in [5.74, 6) is -1.57. The zero-order valence-corrected chi connectivity index (χ0v) is 24.0. The molecule has 1 aromatic carbocycles. The van der Waals surface area contributed by atoms with Gasteiger partial charge in [0.1, 0.15) is 11.7 Å². The van der Waals surface area contributed by atoms with Crippen molar-refractivity contribution in [2.75, 3.05) is 52.9 Å². The van der Waals surface area contributed by atoms with Gasteiger partial charge in [-0.25, -0.2) is 4.39 Å². The van der Waals surface area contributed by atoms with E-state index in [9.17, 15) is 14.4 Å². The molecular formula is C29H44FN5O4. The molecular weight excluding hydrogens is 501 g/mol. The number of amidine groups is 1. The van der Waals surface area contributed by atoms with Crippen molar-refractivity contribution < 1.29 is 23.5 Å². The van der Waals surface area contributed by atoms with Gasteiger partial charge in [0.05, 0.1) is 18.1 Å². The quantitative estimate of drug-likeness (QED) is 0.281. The fourth-order valence-electron chi connectivity index (χ4n) is 5.53. The lowest BCUT2D eigenvalue weighted by molar-refractivity contribution is -0.145. The molecule has 0 aromatic heterocycles. The third-order valence-electron chi connectivity index (χ3n) is 8.01. The fourth-order valence-corrected chi connectivity index (χ4v) is 5.53. The summed E-state index contributed by atoms with van der Waals surface area (Å²) in [4.78, 5) is 44.3. The van der Waals surface area contributed by atoms with E-state index in [-0.39, 0.29) is 29.2 Å². The van der Waals surface area contributed by atoms with Crippen LogP contribution in [0.25, 0.3) is 0 Å². The maximum Gasteiger partial charge on any atom is 0.306 e. The number of nitrogens with zero attached hydrogens (tertiary/aromatic N) is 3. The number of piperazine rings is 1. The highest BCUT2D eigenvalue weighted by Gasteiger charge is 2.39. The van der Waals surface area contributed by atoms with Crippen molar-refractivity contribution in [3.63, 3.8) is 0 Å². The summed E-state index contributed by atoms with van der Waals surface area (Å²) in [5, 5.41) is 11.4. The number of likely N-dealkylation sites (tertiary alicyclic amines) is 1. The molecule has 2 saturated heterocycles. The summed E-state index contributed by atoms with van der Waals surface area (Å²) >= 11 is 0. The van der Waals surface area contributed by atoms with Crippen molar-refractivity contribution in [1.82, 2.24) is 20.0 Å². The minimum Gasteiger partial charge on any atom is -0.466 e. The summed E-state index contributed by atoms with van der Waals surface area (Å²) in [6.45, 7) is 11.8. The Kier molecular flexibility index (Phi) is 10.5. The molecule has 2 fully saturated rings. The lowest BCUT2D eigenvalue weighted by Gasteiger charge is -2.39. The van der Waals surface area contributed by atoms with E-state index in [2.05, 4.69) is 10.2 Å². The molecule has 1 aromatic rings. The highest BCUT2D eigenvalue weighted by Crippen LogP contribution is 2.28. The number of hydrogen-bond donors (Lipinski definition) is 2. The summed E-state index contributed by atoms with van der Waals surface area (Å²) in [5.41, 5.74) is -0.594. The molecule has 3 rings (SSSR count). The highest BCUT2D eigenvalue weighted by molar-refractivity contribution is 5.99. The number of ether oxygens (including phenoxy) is 1. The van der Waals surface area contributed by atoms with Crippen LogP contribution in [-0.4, -0.2) is 96.8 Å². The molecule has 2 heterocycles. The largest absolute Gasteiger partial charge is 0.466 e. The van der Waals surface area contributed by atoms with Crippen LogP contribution in [-0.2, 0) is 14.3 Å². The number of nitrogens with one attached hydrogen (secondary N) is 2. The number of hydrogen-bond acceptors (Lipinski definition) is 6. The molecule has 2 amide bonds. The van der Waals surface area contributed by atoms with Crippen LogP contribution in [0.3, 0.4) is 0 Å². The van der Waals surface area contributed by atoms with E-state index in [1.807, 2.05) is 23.8 Å². The summed E-state index contributed by atoms with van der Waals surface area (Å²) in [7, 11) is 2.03. The number of amides is 2. The Balaban J connectivity index is 1.61. The van der Waals surface area contributed by atoms with Gasteiger partial charge in [-0.3, -0.25) is 19.8 Å². The van der Waals surface area contributed by atoms with Crippen LogP contribution in [0.4, 0.5) is 4.39 Å². The molecule has 9 nitrogen and oxygen atoms in total. The van der Waals surface area contributed by atoms with E-state index in [0.717, 1.165) is 25.9 Å². The number of piperidine rings is 1. The second-order valence-electron chi connectivity index (χ2n) is 11.2. The van der Waals surface area contributed by atoms with E-state index in [1.54, 1.807) is 26.8 Å². The van der Waals surface area contributed by atoms with E-state index >= 15 is 4.39 Å². The molecule has 2 N–H and O–H groups in total. The molecule has 0 bridgehead atoms. The van der Waals surface area contributed by atoms with Gasteiger partial charge in [-0.05, 0) is 65.1 Å². The van der Waals surface area contributed by atoms with Gasteiger partial charge in [0, 0.05) is 56.8 Å². The van der Waals surface area contributed by atoms with Gasteiger partial charge in [0.25, 0.3) is 5.91 Å². The number of carbonyl (C=O) groups is 3. The van der Waals surface area contributed by atoms with Crippen molar-refractivity contribution in [1.29, 1.82) is 5.41 Å². The van der Waals surface area contributed by atoms with Gasteiger partial charge in [-0.1, -0.05) is 13.0 Å². The number of benzene rings is 1. The third kappa shape index (κ3) is 7.77. The highest BCUT2D eigenvalue weighted by atomic mass is 19.1. The SMILES string of the molecule is CCOC(=O)CC1CCN(C(=O)C(CC)C(C)(C)NC(=O)c2ccc(C(=N)N3CCN(C)CC3)cc2F)CC1. The van der Waals surface area contributed by atoms with Crippen LogP contribution in [0, 0.1) is 23.1 Å². The molecule has 0 spiro atoms. The molecule has 216 valence electrons. The number of esters is 1. The van der Waals surface area contributed by atoms with Crippen molar-refractivity contribution in [3.8, 4) is 0 Å². The standard InChI is InChI=1S/C29H44FN5O4/c1-6-23(28(38)35-12-10-20(11-13-35)18-25(36)39-7-2)29(3,4)32-27(37)22-9-8-21(19-24(22)30)26(31)34-16-14-33(5)15-17-34/h8-9,19-20,23,31H,6-7,10-18H2,1-5H3,(H,32,37). The summed E-state index contributed by atoms with van der Waals surface area (Å²) in [6.07, 6.45) is 2.34. The van der Waals surface area contributed by atoms with E-state index < -0.39 is 23.2 Å². The molecule has 1 atom stereocenters. The zero-order chi connectivity index (χ0) is 28.7. The van der Waals surface area contributed by atoms with Crippen LogP contribution >= 0.6 is 0 Å². The topological polar surface area (TPSA) is 106 Å². The van der Waals surface area contributed by atoms with Crippen LogP contribution in [0.1, 0.15) is 69.3 Å². The first kappa shape index (κ1) is 30.5. The Bertz CT molecular complexity index is 1050. The Morgan fingerprint density at radius 2 is 1.72 bits per heavy atom. The molecule has 1 unspecified atom stereocenters. The normalized spacial score (nSPS) is 18.0. The average molecular weight is 546 g/mol. The monoisotopic (exact) mass is 545 g/mol. The number of rotatable bonds is 9. The smallest absolute Gasteiger partial charge is 0.306 e. The maximum absolute atomic E-state index is 15.1. The Hall–Kier alpha value is -3.01. The minimum absolute atomic E-state index is 0.0474. The van der Waals surface area contributed by atoms with Crippen molar-refractivity contribution in [2.24, 2.45) is 11.8 Å². The molecule has 39 heavy (non-hydrogen) atoms. The molecule has 2 aliphatic rings.